The van der Waals surface area contributed by atoms with Gasteiger partial charge in [-0.05, 0) is 13.3 Å². The molecule has 0 bridgehead atoms. The highest BCUT2D eigenvalue weighted by atomic mass is 32.2. The fraction of sp³-hybridized carbons (Fsp3) is 0.571. The van der Waals surface area contributed by atoms with Crippen molar-refractivity contribution in [2.75, 3.05) is 13.2 Å². The third kappa shape index (κ3) is 7.63. The Labute approximate surface area is 79.6 Å². The molecule has 5 nitrogen and oxygen atoms in total. The number of carbonyl (C=O) groups excluding carboxylic acids is 1. The molecule has 0 rings (SSSR count). The molecule has 0 spiro atoms. The molecule has 13 heavy (non-hydrogen) atoms. The van der Waals surface area contributed by atoms with Crippen LogP contribution in [-0.4, -0.2) is 27.9 Å². The second-order valence-electron chi connectivity index (χ2n) is 2.40. The summed E-state index contributed by atoms with van der Waals surface area (Å²) in [5.41, 5.74) is 0.334. The summed E-state index contributed by atoms with van der Waals surface area (Å²) in [7, 11) is 0. The fourth-order valence-corrected chi connectivity index (χ4v) is 0.827. The number of hydrogen-bond acceptors (Lipinski definition) is 4. The highest BCUT2D eigenvalue weighted by Crippen LogP contribution is 1.92. The average molecular weight is 206 g/mol. The Morgan fingerprint density at radius 1 is 1.69 bits per heavy atom. The van der Waals surface area contributed by atoms with Gasteiger partial charge in [0.2, 0.25) is 0 Å². The topological polar surface area (TPSA) is 78.5 Å². The molecule has 0 heterocycles. The second kappa shape index (κ2) is 6.76. The van der Waals surface area contributed by atoms with E-state index in [9.17, 15) is 13.6 Å². The molecule has 0 aromatic heterocycles. The first-order valence-electron chi connectivity index (χ1n) is 3.69. The monoisotopic (exact) mass is 206 g/mol. The molecule has 0 aromatic carbocycles. The average Bonchev–Trinajstić information content (AvgIpc) is 2.02. The standard InChI is InChI=1S/C7H13NO4S/c1-6(2)7(9)12-5-3-4-8-13(10)11/h8H,1,3-5H2,2H3,(H,10,11)/p-1. The Morgan fingerprint density at radius 2 is 2.31 bits per heavy atom. The van der Waals surface area contributed by atoms with Crippen molar-refractivity contribution in [3.63, 3.8) is 0 Å². The minimum absolute atomic E-state index is 0.190. The zero-order chi connectivity index (χ0) is 10.3. The van der Waals surface area contributed by atoms with Crippen molar-refractivity contribution >= 4 is 17.2 Å². The molecule has 0 aliphatic heterocycles. The third-order valence-electron chi connectivity index (χ3n) is 1.12. The number of carbonyl (C=O) groups is 1. The van der Waals surface area contributed by atoms with E-state index in [1.165, 1.54) is 0 Å². The first-order chi connectivity index (χ1) is 6.04. The van der Waals surface area contributed by atoms with E-state index in [0.29, 0.717) is 12.0 Å². The van der Waals surface area contributed by atoms with Crippen LogP contribution < -0.4 is 4.72 Å². The Kier molecular flexibility index (Phi) is 6.38. The number of rotatable bonds is 6. The number of ether oxygens (including phenoxy) is 1. The Bertz CT molecular complexity index is 217. The highest BCUT2D eigenvalue weighted by molar-refractivity contribution is 7.77. The molecule has 0 radical (unpaired) electrons. The number of nitrogens with one attached hydrogen (secondary N) is 1. The van der Waals surface area contributed by atoms with Crippen LogP contribution in [0.3, 0.4) is 0 Å². The number of hydrogen-bond donors (Lipinski definition) is 1. The van der Waals surface area contributed by atoms with Crippen LogP contribution in [-0.2, 0) is 20.8 Å². The van der Waals surface area contributed by atoms with Gasteiger partial charge in [0.15, 0.2) is 0 Å². The van der Waals surface area contributed by atoms with Crippen LogP contribution in [0.5, 0.6) is 0 Å². The highest BCUT2D eigenvalue weighted by Gasteiger charge is 2.01. The van der Waals surface area contributed by atoms with Gasteiger partial charge in [0.1, 0.15) is 0 Å². The Balaban J connectivity index is 3.31. The maximum absolute atomic E-state index is 10.8. The molecule has 0 fully saturated rings. The zero-order valence-electron chi connectivity index (χ0n) is 7.37. The van der Waals surface area contributed by atoms with Gasteiger partial charge in [-0.1, -0.05) is 6.58 Å². The van der Waals surface area contributed by atoms with Crippen LogP contribution in [0, 0.1) is 0 Å². The second-order valence-corrected chi connectivity index (χ2v) is 3.16. The molecule has 0 aromatic rings. The molecule has 0 aliphatic rings. The summed E-state index contributed by atoms with van der Waals surface area (Å²) in [6, 6.07) is 0. The van der Waals surface area contributed by atoms with Crippen molar-refractivity contribution in [3.8, 4) is 0 Å². The van der Waals surface area contributed by atoms with E-state index in [4.69, 9.17) is 4.74 Å². The molecule has 76 valence electrons. The lowest BCUT2D eigenvalue weighted by atomic mass is 10.4. The summed E-state index contributed by atoms with van der Waals surface area (Å²) >= 11 is -2.25. The maximum Gasteiger partial charge on any atom is 0.333 e. The molecular weight excluding hydrogens is 194 g/mol. The summed E-state index contributed by atoms with van der Waals surface area (Å²) in [4.78, 5) is 10.8. The third-order valence-corrected chi connectivity index (χ3v) is 1.56. The fourth-order valence-electron chi connectivity index (χ4n) is 0.516. The van der Waals surface area contributed by atoms with Crippen LogP contribution in [0.4, 0.5) is 0 Å². The lowest BCUT2D eigenvalue weighted by Crippen LogP contribution is -2.19. The van der Waals surface area contributed by atoms with Crippen LogP contribution in [0.15, 0.2) is 12.2 Å². The Hall–Kier alpha value is -0.720. The van der Waals surface area contributed by atoms with Gasteiger partial charge in [-0.3, -0.25) is 4.21 Å². The van der Waals surface area contributed by atoms with E-state index in [1.54, 1.807) is 6.92 Å². The van der Waals surface area contributed by atoms with E-state index < -0.39 is 17.2 Å². The summed E-state index contributed by atoms with van der Waals surface area (Å²) in [6.45, 7) is 5.40. The summed E-state index contributed by atoms with van der Waals surface area (Å²) in [5, 5.41) is 0. The number of esters is 1. The molecule has 1 atom stereocenters. The van der Waals surface area contributed by atoms with Gasteiger partial charge in [0.05, 0.1) is 6.61 Å². The molecule has 1 N–H and O–H groups in total. The predicted molar refractivity (Wildman–Crippen MR) is 47.3 cm³/mol. The van der Waals surface area contributed by atoms with Crippen molar-refractivity contribution in [2.24, 2.45) is 0 Å². The minimum atomic E-state index is -2.25. The zero-order valence-corrected chi connectivity index (χ0v) is 8.19. The van der Waals surface area contributed by atoms with Gasteiger partial charge >= 0.3 is 5.97 Å². The van der Waals surface area contributed by atoms with Crippen molar-refractivity contribution in [1.29, 1.82) is 0 Å². The molecular formula is C7H12NO4S-. The SMILES string of the molecule is C=C(C)C(=O)OCCCNS(=O)[O-]. The van der Waals surface area contributed by atoms with Crippen molar-refractivity contribution in [2.45, 2.75) is 13.3 Å². The first kappa shape index (κ1) is 12.3. The smallest absolute Gasteiger partial charge is 0.333 e. The summed E-state index contributed by atoms with van der Waals surface area (Å²) in [6.07, 6.45) is 0.451. The minimum Gasteiger partial charge on any atom is -0.760 e. The lowest BCUT2D eigenvalue weighted by molar-refractivity contribution is -0.138. The molecule has 1 unspecified atom stereocenters. The summed E-state index contributed by atoms with van der Waals surface area (Å²) in [5.74, 6) is -0.455. The van der Waals surface area contributed by atoms with E-state index in [0.717, 1.165) is 0 Å². The van der Waals surface area contributed by atoms with Gasteiger partial charge in [-0.15, -0.1) is 0 Å². The molecule has 0 amide bonds. The lowest BCUT2D eigenvalue weighted by Gasteiger charge is -2.07. The molecule has 6 heteroatoms. The molecule has 0 saturated heterocycles. The van der Waals surface area contributed by atoms with Crippen LogP contribution >= 0.6 is 0 Å². The van der Waals surface area contributed by atoms with E-state index in [-0.39, 0.29) is 13.2 Å². The van der Waals surface area contributed by atoms with Gasteiger partial charge in [-0.2, -0.15) is 0 Å². The van der Waals surface area contributed by atoms with E-state index in [2.05, 4.69) is 11.3 Å². The maximum atomic E-state index is 10.8. The van der Waals surface area contributed by atoms with Gasteiger partial charge in [0.25, 0.3) is 0 Å². The van der Waals surface area contributed by atoms with Crippen molar-refractivity contribution in [1.82, 2.24) is 4.72 Å². The van der Waals surface area contributed by atoms with Crippen molar-refractivity contribution in [3.05, 3.63) is 12.2 Å². The first-order valence-corrected chi connectivity index (χ1v) is 4.77. The van der Waals surface area contributed by atoms with Crippen molar-refractivity contribution < 1.29 is 18.3 Å². The molecule has 0 aliphatic carbocycles. The quantitative estimate of drug-likeness (QED) is 0.284. The molecule has 0 saturated carbocycles. The van der Waals surface area contributed by atoms with E-state index >= 15 is 0 Å². The Morgan fingerprint density at radius 3 is 2.77 bits per heavy atom. The van der Waals surface area contributed by atoms with E-state index in [1.807, 2.05) is 0 Å². The van der Waals surface area contributed by atoms with Gasteiger partial charge in [-0.25, -0.2) is 9.52 Å². The predicted octanol–water partition coefficient (Wildman–Crippen LogP) is -0.120. The largest absolute Gasteiger partial charge is 0.760 e. The van der Waals surface area contributed by atoms with Crippen LogP contribution in [0.2, 0.25) is 0 Å². The van der Waals surface area contributed by atoms with Gasteiger partial charge in [0, 0.05) is 23.4 Å². The van der Waals surface area contributed by atoms with Crippen LogP contribution in [0.1, 0.15) is 13.3 Å². The van der Waals surface area contributed by atoms with Gasteiger partial charge < -0.3 is 9.29 Å². The normalized spacial score (nSPS) is 12.2. The van der Waals surface area contributed by atoms with Crippen LogP contribution in [0.25, 0.3) is 0 Å². The summed E-state index contributed by atoms with van der Waals surface area (Å²) < 4.78 is 26.8.